The molecule has 8 nitrogen and oxygen atoms in total. The number of nitrogens with zero attached hydrogens (tertiary/aromatic N) is 3. The zero-order valence-corrected chi connectivity index (χ0v) is 16.5. The van der Waals surface area contributed by atoms with Gasteiger partial charge in [-0.15, -0.1) is 5.10 Å². The van der Waals surface area contributed by atoms with Crippen LogP contribution in [0.2, 0.25) is 0 Å². The Kier molecular flexibility index (Phi) is 7.00. The van der Waals surface area contributed by atoms with Crippen molar-refractivity contribution in [2.45, 2.75) is 39.0 Å². The molecule has 0 radical (unpaired) electrons. The van der Waals surface area contributed by atoms with Crippen LogP contribution >= 0.6 is 0 Å². The fraction of sp³-hybridized carbons (Fsp3) is 0.444. The van der Waals surface area contributed by atoms with Crippen molar-refractivity contribution < 1.29 is 31.9 Å². The molecule has 0 saturated heterocycles. The van der Waals surface area contributed by atoms with E-state index < -0.39 is 41.0 Å². The van der Waals surface area contributed by atoms with E-state index in [-0.39, 0.29) is 25.2 Å². The number of ether oxygens (including phenoxy) is 1. The van der Waals surface area contributed by atoms with E-state index in [9.17, 15) is 27.2 Å². The molecule has 0 bridgehead atoms. The predicted molar refractivity (Wildman–Crippen MR) is 97.5 cm³/mol. The molecule has 1 aromatic carbocycles. The molecule has 0 aliphatic carbocycles. The number of halogens is 4. The van der Waals surface area contributed by atoms with Gasteiger partial charge in [0.2, 0.25) is 0 Å². The van der Waals surface area contributed by atoms with E-state index in [0.717, 1.165) is 12.1 Å². The molecular formula is C18H21F4N5O3. The van der Waals surface area contributed by atoms with Crippen LogP contribution in [0.25, 0.3) is 5.69 Å². The summed E-state index contributed by atoms with van der Waals surface area (Å²) in [5.74, 6) is -1.86. The standard InChI is InChI=1S/C18H21F4N5O3/c1-17(2,3)30-16(29)24-9-5-8-23-15(28)13-14(18(20,21)22)27(26-25-13)12-7-4-6-11(19)10-12/h4,6-7,10H,5,8-9H2,1-3H3,(H,23,28)(H,24,29). The molecule has 0 atom stereocenters. The number of carbonyl (C=O) groups excluding carboxylic acids is 2. The van der Waals surface area contributed by atoms with Crippen molar-refractivity contribution in [1.82, 2.24) is 25.6 Å². The minimum atomic E-state index is -4.96. The number of nitrogens with one attached hydrogen (secondary N) is 2. The van der Waals surface area contributed by atoms with E-state index in [4.69, 9.17) is 4.74 Å². The van der Waals surface area contributed by atoms with Gasteiger partial charge in [0, 0.05) is 13.1 Å². The van der Waals surface area contributed by atoms with Gasteiger partial charge in [0.1, 0.15) is 11.4 Å². The van der Waals surface area contributed by atoms with Crippen LogP contribution in [-0.4, -0.2) is 45.7 Å². The highest BCUT2D eigenvalue weighted by Crippen LogP contribution is 2.32. The van der Waals surface area contributed by atoms with Crippen molar-refractivity contribution >= 4 is 12.0 Å². The van der Waals surface area contributed by atoms with E-state index in [0.29, 0.717) is 4.68 Å². The molecule has 0 fully saturated rings. The van der Waals surface area contributed by atoms with Gasteiger partial charge >= 0.3 is 12.3 Å². The van der Waals surface area contributed by atoms with Gasteiger partial charge in [-0.05, 0) is 45.4 Å². The van der Waals surface area contributed by atoms with Crippen molar-refractivity contribution in [3.05, 3.63) is 41.5 Å². The van der Waals surface area contributed by atoms with Gasteiger partial charge in [0.25, 0.3) is 5.91 Å². The van der Waals surface area contributed by atoms with Crippen LogP contribution in [0, 0.1) is 5.82 Å². The Balaban J connectivity index is 2.02. The van der Waals surface area contributed by atoms with E-state index in [1.165, 1.54) is 12.1 Å². The molecule has 30 heavy (non-hydrogen) atoms. The molecule has 164 valence electrons. The SMILES string of the molecule is CC(C)(C)OC(=O)NCCCNC(=O)c1nnn(-c2cccc(F)c2)c1C(F)(F)F. The minimum absolute atomic E-state index is 0.0290. The summed E-state index contributed by atoms with van der Waals surface area (Å²) in [6.45, 7) is 5.20. The van der Waals surface area contributed by atoms with Gasteiger partial charge in [-0.2, -0.15) is 13.2 Å². The lowest BCUT2D eigenvalue weighted by atomic mass is 10.2. The molecule has 12 heteroatoms. The van der Waals surface area contributed by atoms with Gasteiger partial charge in [0.05, 0.1) is 5.69 Å². The lowest BCUT2D eigenvalue weighted by Crippen LogP contribution is -2.34. The first-order chi connectivity index (χ1) is 13.9. The van der Waals surface area contributed by atoms with E-state index in [1.54, 1.807) is 20.8 Å². The summed E-state index contributed by atoms with van der Waals surface area (Å²) in [6, 6.07) is 4.32. The lowest BCUT2D eigenvalue weighted by molar-refractivity contribution is -0.143. The van der Waals surface area contributed by atoms with Gasteiger partial charge in [-0.3, -0.25) is 4.79 Å². The van der Waals surface area contributed by atoms with Crippen LogP contribution in [0.1, 0.15) is 43.4 Å². The quantitative estimate of drug-likeness (QED) is 0.541. The Labute approximate surface area is 169 Å². The zero-order chi connectivity index (χ0) is 22.5. The maximum atomic E-state index is 13.5. The normalized spacial score (nSPS) is 11.8. The summed E-state index contributed by atoms with van der Waals surface area (Å²) >= 11 is 0. The first kappa shape index (κ1) is 23.1. The van der Waals surface area contributed by atoms with Gasteiger partial charge in [0.15, 0.2) is 11.4 Å². The molecule has 2 rings (SSSR count). The number of hydrogen-bond donors (Lipinski definition) is 2. The fourth-order valence-corrected chi connectivity index (χ4v) is 2.36. The third-order valence-corrected chi connectivity index (χ3v) is 3.51. The maximum absolute atomic E-state index is 13.5. The smallest absolute Gasteiger partial charge is 0.435 e. The number of benzene rings is 1. The Bertz CT molecular complexity index is 906. The zero-order valence-electron chi connectivity index (χ0n) is 16.5. The Morgan fingerprint density at radius 3 is 2.40 bits per heavy atom. The maximum Gasteiger partial charge on any atom is 0.435 e. The molecule has 0 aliphatic heterocycles. The van der Waals surface area contributed by atoms with Gasteiger partial charge in [-0.1, -0.05) is 11.3 Å². The Morgan fingerprint density at radius 2 is 1.80 bits per heavy atom. The number of amides is 2. The highest BCUT2D eigenvalue weighted by Gasteiger charge is 2.42. The number of carbonyl (C=O) groups is 2. The van der Waals surface area contributed by atoms with Crippen molar-refractivity contribution in [1.29, 1.82) is 0 Å². The summed E-state index contributed by atoms with van der Waals surface area (Å²) in [4.78, 5) is 23.7. The Morgan fingerprint density at radius 1 is 1.13 bits per heavy atom. The second kappa shape index (κ2) is 9.09. The predicted octanol–water partition coefficient (Wildman–Crippen LogP) is 3.07. The summed E-state index contributed by atoms with van der Waals surface area (Å²) in [7, 11) is 0. The average molecular weight is 431 g/mol. The van der Waals surface area contributed by atoms with Crippen molar-refractivity contribution in [2.24, 2.45) is 0 Å². The van der Waals surface area contributed by atoms with E-state index in [2.05, 4.69) is 20.9 Å². The molecule has 1 heterocycles. The fourth-order valence-electron chi connectivity index (χ4n) is 2.36. The van der Waals surface area contributed by atoms with Crippen LogP contribution in [0.4, 0.5) is 22.4 Å². The summed E-state index contributed by atoms with van der Waals surface area (Å²) in [5, 5.41) is 11.4. The average Bonchev–Trinajstić information content (AvgIpc) is 3.05. The molecular weight excluding hydrogens is 410 g/mol. The number of hydrogen-bond acceptors (Lipinski definition) is 5. The first-order valence-electron chi connectivity index (χ1n) is 8.92. The minimum Gasteiger partial charge on any atom is -0.444 e. The second-order valence-electron chi connectivity index (χ2n) is 7.21. The van der Waals surface area contributed by atoms with Gasteiger partial charge in [-0.25, -0.2) is 13.9 Å². The van der Waals surface area contributed by atoms with Crippen LogP contribution < -0.4 is 10.6 Å². The Hall–Kier alpha value is -3.18. The summed E-state index contributed by atoms with van der Waals surface area (Å²) in [5.41, 5.74) is -3.25. The molecule has 2 amide bonds. The largest absolute Gasteiger partial charge is 0.444 e. The number of alkyl carbamates (subject to hydrolysis) is 1. The molecule has 1 aromatic heterocycles. The summed E-state index contributed by atoms with van der Waals surface area (Å²) < 4.78 is 59.3. The van der Waals surface area contributed by atoms with Crippen LogP contribution in [0.3, 0.4) is 0 Å². The second-order valence-corrected chi connectivity index (χ2v) is 7.21. The number of rotatable bonds is 6. The summed E-state index contributed by atoms with van der Waals surface area (Å²) in [6.07, 6.45) is -5.36. The number of aromatic nitrogens is 3. The topological polar surface area (TPSA) is 98.1 Å². The van der Waals surface area contributed by atoms with Crippen LogP contribution in [0.15, 0.2) is 24.3 Å². The van der Waals surface area contributed by atoms with Crippen molar-refractivity contribution in [2.75, 3.05) is 13.1 Å². The third-order valence-electron chi connectivity index (χ3n) is 3.51. The highest BCUT2D eigenvalue weighted by atomic mass is 19.4. The van der Waals surface area contributed by atoms with E-state index >= 15 is 0 Å². The molecule has 2 aromatic rings. The third kappa shape index (κ3) is 6.42. The van der Waals surface area contributed by atoms with Crippen LogP contribution in [0.5, 0.6) is 0 Å². The molecule has 2 N–H and O–H groups in total. The highest BCUT2D eigenvalue weighted by molar-refractivity contribution is 5.93. The molecule has 0 saturated carbocycles. The molecule has 0 aliphatic rings. The van der Waals surface area contributed by atoms with Crippen LogP contribution in [-0.2, 0) is 10.9 Å². The van der Waals surface area contributed by atoms with Gasteiger partial charge < -0.3 is 15.4 Å². The molecule has 0 unspecified atom stereocenters. The first-order valence-corrected chi connectivity index (χ1v) is 8.92. The van der Waals surface area contributed by atoms with Crippen molar-refractivity contribution in [3.8, 4) is 5.69 Å². The monoisotopic (exact) mass is 431 g/mol. The molecule has 0 spiro atoms. The lowest BCUT2D eigenvalue weighted by Gasteiger charge is -2.19. The van der Waals surface area contributed by atoms with E-state index in [1.807, 2.05) is 0 Å². The van der Waals surface area contributed by atoms with Crippen molar-refractivity contribution in [3.63, 3.8) is 0 Å². The number of alkyl halides is 3.